The molecule has 0 saturated heterocycles. The largest absolute Gasteiger partial charge is 0.465 e. The molecule has 0 atom stereocenters. The smallest absolute Gasteiger partial charge is 0.404 e. The highest BCUT2D eigenvalue weighted by Crippen LogP contribution is 2.35. The van der Waals surface area contributed by atoms with Crippen LogP contribution in [-0.2, 0) is 6.54 Å². The zero-order valence-corrected chi connectivity index (χ0v) is 12.5. The zero-order chi connectivity index (χ0) is 15.4. The first-order valence-corrected chi connectivity index (χ1v) is 7.61. The van der Waals surface area contributed by atoms with Crippen LogP contribution < -0.4 is 5.32 Å². The van der Waals surface area contributed by atoms with Crippen molar-refractivity contribution in [3.8, 4) is 21.6 Å². The van der Waals surface area contributed by atoms with Gasteiger partial charge in [-0.2, -0.15) is 0 Å². The highest BCUT2D eigenvalue weighted by Gasteiger charge is 2.10. The van der Waals surface area contributed by atoms with Crippen LogP contribution in [-0.4, -0.2) is 16.2 Å². The Morgan fingerprint density at radius 1 is 1.09 bits per heavy atom. The second-order valence-corrected chi connectivity index (χ2v) is 5.88. The van der Waals surface area contributed by atoms with Crippen LogP contribution in [0.15, 0.2) is 60.9 Å². The molecule has 2 aromatic heterocycles. The predicted octanol–water partition coefficient (Wildman–Crippen LogP) is 4.24. The Labute approximate surface area is 132 Å². The zero-order valence-electron chi connectivity index (χ0n) is 11.7. The van der Waals surface area contributed by atoms with Crippen LogP contribution in [0.25, 0.3) is 21.6 Å². The SMILES string of the molecule is O=C(O)NCc1ccc(-c2cnccc2-c2ccccc2)s1. The highest BCUT2D eigenvalue weighted by atomic mass is 32.1. The van der Waals surface area contributed by atoms with Gasteiger partial charge in [-0.05, 0) is 29.3 Å². The van der Waals surface area contributed by atoms with E-state index >= 15 is 0 Å². The summed E-state index contributed by atoms with van der Waals surface area (Å²) in [4.78, 5) is 16.9. The predicted molar refractivity (Wildman–Crippen MR) is 87.9 cm³/mol. The molecule has 1 aromatic carbocycles. The standard InChI is InChI=1S/C17H14N2O2S/c20-17(21)19-10-13-6-7-16(22-13)15-11-18-9-8-14(15)12-4-2-1-3-5-12/h1-9,11,19H,10H2,(H,20,21). The molecule has 5 heteroatoms. The number of carbonyl (C=O) groups is 1. The molecule has 0 aliphatic heterocycles. The summed E-state index contributed by atoms with van der Waals surface area (Å²) in [7, 11) is 0. The number of hydrogen-bond acceptors (Lipinski definition) is 3. The third kappa shape index (κ3) is 3.15. The van der Waals surface area contributed by atoms with Crippen molar-refractivity contribution >= 4 is 17.4 Å². The molecule has 2 N–H and O–H groups in total. The minimum atomic E-state index is -1.01. The number of pyridine rings is 1. The molecule has 0 bridgehead atoms. The van der Waals surface area contributed by atoms with Gasteiger partial charge in [-0.15, -0.1) is 11.3 Å². The molecule has 110 valence electrons. The Morgan fingerprint density at radius 3 is 2.68 bits per heavy atom. The lowest BCUT2D eigenvalue weighted by atomic mass is 10.0. The molecular formula is C17H14N2O2S. The van der Waals surface area contributed by atoms with Gasteiger partial charge in [-0.1, -0.05) is 30.3 Å². The van der Waals surface area contributed by atoms with E-state index in [4.69, 9.17) is 5.11 Å². The van der Waals surface area contributed by atoms with Gasteiger partial charge in [0.15, 0.2) is 0 Å². The number of benzene rings is 1. The molecule has 4 nitrogen and oxygen atoms in total. The molecule has 0 spiro atoms. The molecule has 0 saturated carbocycles. The van der Waals surface area contributed by atoms with E-state index in [0.717, 1.165) is 26.4 Å². The number of rotatable bonds is 4. The fourth-order valence-electron chi connectivity index (χ4n) is 2.24. The van der Waals surface area contributed by atoms with Crippen LogP contribution in [0.3, 0.4) is 0 Å². The van der Waals surface area contributed by atoms with E-state index in [1.165, 1.54) is 0 Å². The Hall–Kier alpha value is -2.66. The number of amides is 1. The lowest BCUT2D eigenvalue weighted by Crippen LogP contribution is -2.19. The first-order valence-electron chi connectivity index (χ1n) is 6.79. The van der Waals surface area contributed by atoms with E-state index in [-0.39, 0.29) is 0 Å². The third-order valence-corrected chi connectivity index (χ3v) is 4.37. The van der Waals surface area contributed by atoms with Gasteiger partial charge in [0.25, 0.3) is 0 Å². The average Bonchev–Trinajstić information content (AvgIpc) is 3.03. The number of hydrogen-bond donors (Lipinski definition) is 2. The van der Waals surface area contributed by atoms with Gasteiger partial charge in [0.2, 0.25) is 0 Å². The topological polar surface area (TPSA) is 62.2 Å². The molecule has 3 aromatic rings. The van der Waals surface area contributed by atoms with Crippen molar-refractivity contribution in [2.45, 2.75) is 6.54 Å². The van der Waals surface area contributed by atoms with Gasteiger partial charge in [-0.3, -0.25) is 4.98 Å². The molecular weight excluding hydrogens is 296 g/mol. The van der Waals surface area contributed by atoms with Crippen molar-refractivity contribution in [1.29, 1.82) is 0 Å². The van der Waals surface area contributed by atoms with E-state index in [2.05, 4.69) is 22.4 Å². The number of carboxylic acid groups (broad SMARTS) is 1. The molecule has 0 unspecified atom stereocenters. The summed E-state index contributed by atoms with van der Waals surface area (Å²) < 4.78 is 0. The molecule has 0 radical (unpaired) electrons. The Kier molecular flexibility index (Phi) is 4.16. The molecule has 0 aliphatic rings. The van der Waals surface area contributed by atoms with Crippen LogP contribution in [0.5, 0.6) is 0 Å². The summed E-state index contributed by atoms with van der Waals surface area (Å²) in [6, 6.07) is 16.1. The number of nitrogens with zero attached hydrogens (tertiary/aromatic N) is 1. The Balaban J connectivity index is 1.94. The summed E-state index contributed by atoms with van der Waals surface area (Å²) in [5.41, 5.74) is 3.31. The minimum absolute atomic E-state index is 0.320. The second-order valence-electron chi connectivity index (χ2n) is 4.71. The summed E-state index contributed by atoms with van der Waals surface area (Å²) in [5, 5.41) is 11.1. The monoisotopic (exact) mass is 310 g/mol. The number of aromatic nitrogens is 1. The first kappa shape index (κ1) is 14.3. The van der Waals surface area contributed by atoms with Crippen LogP contribution >= 0.6 is 11.3 Å². The Morgan fingerprint density at radius 2 is 1.91 bits per heavy atom. The number of nitrogens with one attached hydrogen (secondary N) is 1. The molecule has 3 rings (SSSR count). The van der Waals surface area contributed by atoms with Crippen molar-refractivity contribution in [3.63, 3.8) is 0 Å². The van der Waals surface area contributed by atoms with E-state index in [0.29, 0.717) is 6.54 Å². The van der Waals surface area contributed by atoms with Crippen molar-refractivity contribution in [1.82, 2.24) is 10.3 Å². The van der Waals surface area contributed by atoms with Crippen LogP contribution in [0, 0.1) is 0 Å². The molecule has 1 amide bonds. The maximum atomic E-state index is 10.6. The molecule has 2 heterocycles. The Bertz CT molecular complexity index is 784. The van der Waals surface area contributed by atoms with E-state index in [1.807, 2.05) is 42.6 Å². The quantitative estimate of drug-likeness (QED) is 0.757. The van der Waals surface area contributed by atoms with Crippen LogP contribution in [0.2, 0.25) is 0 Å². The summed E-state index contributed by atoms with van der Waals surface area (Å²) in [5.74, 6) is 0. The number of thiophene rings is 1. The highest BCUT2D eigenvalue weighted by molar-refractivity contribution is 7.15. The lowest BCUT2D eigenvalue weighted by Gasteiger charge is -2.07. The van der Waals surface area contributed by atoms with Gasteiger partial charge in [0.1, 0.15) is 0 Å². The first-order chi connectivity index (χ1) is 10.7. The van der Waals surface area contributed by atoms with E-state index < -0.39 is 6.09 Å². The van der Waals surface area contributed by atoms with Gasteiger partial charge in [0, 0.05) is 27.7 Å². The van der Waals surface area contributed by atoms with Crippen molar-refractivity contribution in [2.24, 2.45) is 0 Å². The summed E-state index contributed by atoms with van der Waals surface area (Å²) in [6.07, 6.45) is 2.62. The summed E-state index contributed by atoms with van der Waals surface area (Å²) >= 11 is 1.57. The fourth-order valence-corrected chi connectivity index (χ4v) is 3.21. The van der Waals surface area contributed by atoms with Crippen LogP contribution in [0.1, 0.15) is 4.88 Å². The minimum Gasteiger partial charge on any atom is -0.465 e. The van der Waals surface area contributed by atoms with E-state index in [9.17, 15) is 4.79 Å². The normalized spacial score (nSPS) is 10.4. The van der Waals surface area contributed by atoms with Crippen molar-refractivity contribution in [2.75, 3.05) is 0 Å². The average molecular weight is 310 g/mol. The maximum absolute atomic E-state index is 10.6. The van der Waals surface area contributed by atoms with Gasteiger partial charge >= 0.3 is 6.09 Å². The van der Waals surface area contributed by atoms with Gasteiger partial charge < -0.3 is 10.4 Å². The van der Waals surface area contributed by atoms with Crippen molar-refractivity contribution < 1.29 is 9.90 Å². The summed E-state index contributed by atoms with van der Waals surface area (Å²) in [6.45, 7) is 0.320. The van der Waals surface area contributed by atoms with Gasteiger partial charge in [0.05, 0.1) is 6.54 Å². The second kappa shape index (κ2) is 6.41. The van der Waals surface area contributed by atoms with E-state index in [1.54, 1.807) is 17.5 Å². The third-order valence-electron chi connectivity index (χ3n) is 3.25. The maximum Gasteiger partial charge on any atom is 0.404 e. The molecule has 0 aliphatic carbocycles. The fraction of sp³-hybridized carbons (Fsp3) is 0.0588. The van der Waals surface area contributed by atoms with Gasteiger partial charge in [-0.25, -0.2) is 4.79 Å². The van der Waals surface area contributed by atoms with Crippen LogP contribution in [0.4, 0.5) is 4.79 Å². The molecule has 22 heavy (non-hydrogen) atoms. The molecule has 0 fully saturated rings. The lowest BCUT2D eigenvalue weighted by molar-refractivity contribution is 0.194. The van der Waals surface area contributed by atoms with Crippen molar-refractivity contribution in [3.05, 3.63) is 65.8 Å².